The number of fused-ring (bicyclic) bond motifs is 2. The first kappa shape index (κ1) is 24.6. The zero-order chi connectivity index (χ0) is 26.3. The lowest BCUT2D eigenvalue weighted by molar-refractivity contribution is -0.274. The molecule has 0 saturated carbocycles. The lowest BCUT2D eigenvalue weighted by atomic mass is 10.0. The van der Waals surface area contributed by atoms with Crippen LogP contribution in [0.3, 0.4) is 0 Å². The molecule has 0 atom stereocenters. The van der Waals surface area contributed by atoms with Crippen LogP contribution in [-0.4, -0.2) is 33.3 Å². The molecule has 3 heterocycles. The molecule has 1 amide bonds. The van der Waals surface area contributed by atoms with Gasteiger partial charge in [-0.25, -0.2) is 9.97 Å². The molecule has 1 aliphatic rings. The first-order chi connectivity index (χ1) is 17.7. The standard InChI is InChI=1S/C27H26F3N5O2/c1-3-16-5-7-20(37-27(28,29)30)12-19(16)13-23(36)35-10-9-18-11-17(6-8-22(18)35)21-14-34(4-2)26-24(21)25(31)32-15-33-26/h5-8,11-12,14-15H,3-4,9-10,13H2,1-2H3,(H2,31,32,33). The van der Waals surface area contributed by atoms with Gasteiger partial charge in [-0.15, -0.1) is 13.2 Å². The highest BCUT2D eigenvalue weighted by Crippen LogP contribution is 2.37. The van der Waals surface area contributed by atoms with Gasteiger partial charge in [0.05, 0.1) is 11.8 Å². The summed E-state index contributed by atoms with van der Waals surface area (Å²) in [5, 5.41) is 0.795. The SMILES string of the molecule is CCc1ccc(OC(F)(F)F)cc1CC(=O)N1CCc2cc(-c3cn(CC)c4ncnc(N)c34)ccc21. The maximum absolute atomic E-state index is 13.3. The maximum atomic E-state index is 13.3. The molecule has 2 N–H and O–H groups in total. The first-order valence-electron chi connectivity index (χ1n) is 12.1. The number of nitrogen functional groups attached to an aromatic ring is 1. The molecule has 0 aliphatic carbocycles. The monoisotopic (exact) mass is 509 g/mol. The van der Waals surface area contributed by atoms with Crippen molar-refractivity contribution in [3.63, 3.8) is 0 Å². The highest BCUT2D eigenvalue weighted by atomic mass is 19.4. The van der Waals surface area contributed by atoms with Gasteiger partial charge in [-0.3, -0.25) is 4.79 Å². The van der Waals surface area contributed by atoms with Crippen LogP contribution in [0.15, 0.2) is 48.9 Å². The molecule has 0 unspecified atom stereocenters. The van der Waals surface area contributed by atoms with Gasteiger partial charge in [0.25, 0.3) is 0 Å². The Morgan fingerprint density at radius 1 is 1.11 bits per heavy atom. The molecule has 2 aromatic heterocycles. The molecule has 10 heteroatoms. The summed E-state index contributed by atoms with van der Waals surface area (Å²) in [6.07, 6.45) is -0.0807. The van der Waals surface area contributed by atoms with Crippen molar-refractivity contribution in [2.75, 3.05) is 17.2 Å². The number of hydrogen-bond donors (Lipinski definition) is 1. The van der Waals surface area contributed by atoms with E-state index in [1.807, 2.05) is 36.7 Å². The lowest BCUT2D eigenvalue weighted by Crippen LogP contribution is -2.30. The molecule has 5 rings (SSSR count). The molecule has 37 heavy (non-hydrogen) atoms. The largest absolute Gasteiger partial charge is 0.573 e. The molecule has 0 radical (unpaired) electrons. The number of halogens is 3. The second-order valence-corrected chi connectivity index (χ2v) is 8.93. The van der Waals surface area contributed by atoms with Crippen LogP contribution in [-0.2, 0) is 30.6 Å². The fourth-order valence-electron chi connectivity index (χ4n) is 5.00. The van der Waals surface area contributed by atoms with E-state index in [1.54, 1.807) is 11.0 Å². The second kappa shape index (κ2) is 9.42. The van der Waals surface area contributed by atoms with Crippen molar-refractivity contribution < 1.29 is 22.7 Å². The summed E-state index contributed by atoms with van der Waals surface area (Å²) >= 11 is 0. The number of aromatic nitrogens is 3. The average Bonchev–Trinajstić information content (AvgIpc) is 3.45. The molecule has 4 aromatic rings. The number of benzene rings is 2. The third-order valence-corrected chi connectivity index (χ3v) is 6.74. The lowest BCUT2D eigenvalue weighted by Gasteiger charge is -2.19. The minimum Gasteiger partial charge on any atom is -0.406 e. The highest BCUT2D eigenvalue weighted by molar-refractivity contribution is 6.02. The molecule has 0 saturated heterocycles. The van der Waals surface area contributed by atoms with Gasteiger partial charge in [-0.2, -0.15) is 0 Å². The van der Waals surface area contributed by atoms with E-state index in [0.717, 1.165) is 45.5 Å². The van der Waals surface area contributed by atoms with E-state index in [9.17, 15) is 18.0 Å². The number of rotatable bonds is 6. The second-order valence-electron chi connectivity index (χ2n) is 8.93. The van der Waals surface area contributed by atoms with Crippen LogP contribution in [0.25, 0.3) is 22.2 Å². The van der Waals surface area contributed by atoms with Crippen molar-refractivity contribution in [3.05, 3.63) is 65.6 Å². The third kappa shape index (κ3) is 4.71. The van der Waals surface area contributed by atoms with Crippen molar-refractivity contribution in [3.8, 4) is 16.9 Å². The number of aryl methyl sites for hydroxylation is 2. The van der Waals surface area contributed by atoms with E-state index >= 15 is 0 Å². The molecule has 7 nitrogen and oxygen atoms in total. The zero-order valence-corrected chi connectivity index (χ0v) is 20.5. The molecule has 0 fully saturated rings. The number of ether oxygens (including phenoxy) is 1. The number of nitrogens with two attached hydrogens (primary N) is 1. The van der Waals surface area contributed by atoms with Crippen LogP contribution >= 0.6 is 0 Å². The predicted octanol–water partition coefficient (Wildman–Crippen LogP) is 5.29. The molecular formula is C27H26F3N5O2. The van der Waals surface area contributed by atoms with Gasteiger partial charge in [-0.1, -0.05) is 19.1 Å². The summed E-state index contributed by atoms with van der Waals surface area (Å²) in [4.78, 5) is 23.5. The van der Waals surface area contributed by atoms with Gasteiger partial charge >= 0.3 is 6.36 Å². The van der Waals surface area contributed by atoms with Crippen molar-refractivity contribution in [2.24, 2.45) is 0 Å². The first-order valence-corrected chi connectivity index (χ1v) is 12.1. The highest BCUT2D eigenvalue weighted by Gasteiger charge is 2.32. The van der Waals surface area contributed by atoms with E-state index in [4.69, 9.17) is 5.73 Å². The van der Waals surface area contributed by atoms with E-state index in [0.29, 0.717) is 30.8 Å². The summed E-state index contributed by atoms with van der Waals surface area (Å²) in [7, 11) is 0. The quantitative estimate of drug-likeness (QED) is 0.382. The van der Waals surface area contributed by atoms with Crippen LogP contribution in [0.2, 0.25) is 0 Å². The fourth-order valence-corrected chi connectivity index (χ4v) is 5.00. The summed E-state index contributed by atoms with van der Waals surface area (Å²) in [6, 6.07) is 10.1. The van der Waals surface area contributed by atoms with Crippen molar-refractivity contribution in [2.45, 2.75) is 46.0 Å². The van der Waals surface area contributed by atoms with E-state index < -0.39 is 6.36 Å². The van der Waals surface area contributed by atoms with Gasteiger partial charge in [0.15, 0.2) is 0 Å². The van der Waals surface area contributed by atoms with Crippen LogP contribution in [0.1, 0.15) is 30.5 Å². The maximum Gasteiger partial charge on any atom is 0.573 e. The van der Waals surface area contributed by atoms with Gasteiger partial charge in [0, 0.05) is 30.5 Å². The Morgan fingerprint density at radius 3 is 2.65 bits per heavy atom. The minimum atomic E-state index is -4.79. The smallest absolute Gasteiger partial charge is 0.406 e. The Bertz CT molecular complexity index is 1500. The number of carbonyl (C=O) groups is 1. The number of amides is 1. The van der Waals surface area contributed by atoms with E-state index in [1.165, 1.54) is 18.5 Å². The minimum absolute atomic E-state index is 0.0166. The van der Waals surface area contributed by atoms with E-state index in [-0.39, 0.29) is 18.1 Å². The average molecular weight is 510 g/mol. The Hall–Kier alpha value is -4.08. The summed E-state index contributed by atoms with van der Waals surface area (Å²) < 4.78 is 44.2. The molecule has 0 spiro atoms. The van der Waals surface area contributed by atoms with Gasteiger partial charge in [-0.05, 0) is 66.3 Å². The van der Waals surface area contributed by atoms with Crippen LogP contribution in [0, 0.1) is 0 Å². The van der Waals surface area contributed by atoms with Crippen molar-refractivity contribution >= 4 is 28.4 Å². The van der Waals surface area contributed by atoms with Gasteiger partial charge < -0.3 is 19.9 Å². The van der Waals surface area contributed by atoms with Crippen LogP contribution < -0.4 is 15.4 Å². The molecule has 0 bridgehead atoms. The predicted molar refractivity (Wildman–Crippen MR) is 135 cm³/mol. The van der Waals surface area contributed by atoms with E-state index in [2.05, 4.69) is 20.8 Å². The molecule has 192 valence electrons. The van der Waals surface area contributed by atoms with Gasteiger partial charge in [0.2, 0.25) is 5.91 Å². The number of alkyl halides is 3. The molecular weight excluding hydrogens is 483 g/mol. The van der Waals surface area contributed by atoms with Crippen molar-refractivity contribution in [1.29, 1.82) is 0 Å². The number of anilines is 2. The normalized spacial score (nSPS) is 13.3. The Balaban J connectivity index is 1.43. The fraction of sp³-hybridized carbons (Fsp3) is 0.296. The zero-order valence-electron chi connectivity index (χ0n) is 20.5. The summed E-state index contributed by atoms with van der Waals surface area (Å²) in [6.45, 7) is 5.16. The topological polar surface area (TPSA) is 86.3 Å². The summed E-state index contributed by atoms with van der Waals surface area (Å²) in [5.41, 5.74) is 12.0. The Morgan fingerprint density at radius 2 is 1.92 bits per heavy atom. The summed E-state index contributed by atoms with van der Waals surface area (Å²) in [5.74, 6) is -0.0907. The number of carbonyl (C=O) groups excluding carboxylic acids is 1. The van der Waals surface area contributed by atoms with Crippen LogP contribution in [0.5, 0.6) is 5.75 Å². The van der Waals surface area contributed by atoms with Crippen LogP contribution in [0.4, 0.5) is 24.7 Å². The number of hydrogen-bond acceptors (Lipinski definition) is 5. The van der Waals surface area contributed by atoms with Gasteiger partial charge in [0.1, 0.15) is 23.5 Å². The third-order valence-electron chi connectivity index (χ3n) is 6.74. The molecule has 2 aromatic carbocycles. The van der Waals surface area contributed by atoms with Crippen molar-refractivity contribution in [1.82, 2.24) is 14.5 Å². The number of nitrogens with zero attached hydrogens (tertiary/aromatic N) is 4. The molecule has 1 aliphatic heterocycles. The Kier molecular flexibility index (Phi) is 6.26. The Labute approximate surface area is 211 Å².